The van der Waals surface area contributed by atoms with E-state index in [0.717, 1.165) is 5.56 Å². The summed E-state index contributed by atoms with van der Waals surface area (Å²) in [6.07, 6.45) is -9.92. The Morgan fingerprint density at radius 2 is 1.41 bits per heavy atom. The van der Waals surface area contributed by atoms with Crippen LogP contribution in [-0.2, 0) is 44.6 Å². The van der Waals surface area contributed by atoms with Crippen molar-refractivity contribution in [3.05, 3.63) is 69.8 Å². The van der Waals surface area contributed by atoms with Crippen molar-refractivity contribution >= 4 is 0 Å². The predicted octanol–water partition coefficient (Wildman–Crippen LogP) is 4.58. The highest BCUT2D eigenvalue weighted by Crippen LogP contribution is 2.41. The Kier molecular flexibility index (Phi) is 4.66. The molecule has 1 aliphatic rings. The lowest BCUT2D eigenvalue weighted by atomic mass is 9.93. The van der Waals surface area contributed by atoms with E-state index in [9.17, 15) is 26.3 Å². The van der Waals surface area contributed by atoms with Gasteiger partial charge in [-0.05, 0) is 42.4 Å². The fraction of sp³-hybridized carbons (Fsp3) is 0.368. The number of fused-ring (bicyclic) bond motifs is 2. The average Bonchev–Trinajstić information content (AvgIpc) is 3.17. The van der Waals surface area contributed by atoms with Crippen LogP contribution < -0.4 is 0 Å². The van der Waals surface area contributed by atoms with Gasteiger partial charge in [0.15, 0.2) is 0 Å². The van der Waals surface area contributed by atoms with Crippen LogP contribution in [0.5, 0.6) is 0 Å². The number of aromatic amines is 1. The molecule has 1 aromatic carbocycles. The molecule has 4 rings (SSSR count). The van der Waals surface area contributed by atoms with Gasteiger partial charge in [0.05, 0.1) is 17.9 Å². The Balaban J connectivity index is 1.71. The highest BCUT2D eigenvalue weighted by atomic mass is 19.4. The minimum absolute atomic E-state index is 0.0926. The van der Waals surface area contributed by atoms with E-state index in [1.54, 1.807) is 9.67 Å². The first-order chi connectivity index (χ1) is 13.6. The van der Waals surface area contributed by atoms with Gasteiger partial charge in [0.25, 0.3) is 0 Å². The fourth-order valence-corrected chi connectivity index (χ4v) is 3.82. The first-order valence-electron chi connectivity index (χ1n) is 8.98. The van der Waals surface area contributed by atoms with Gasteiger partial charge in [0, 0.05) is 0 Å². The molecule has 0 amide bonds. The molecule has 2 heterocycles. The van der Waals surface area contributed by atoms with Crippen molar-refractivity contribution in [1.82, 2.24) is 20.0 Å². The van der Waals surface area contributed by atoms with Crippen molar-refractivity contribution in [3.63, 3.8) is 0 Å². The lowest BCUT2D eigenvalue weighted by Gasteiger charge is -2.15. The van der Waals surface area contributed by atoms with Crippen molar-refractivity contribution < 1.29 is 26.3 Å². The van der Waals surface area contributed by atoms with Crippen molar-refractivity contribution in [1.29, 1.82) is 0 Å². The van der Waals surface area contributed by atoms with Crippen molar-refractivity contribution in [2.45, 2.75) is 44.6 Å². The minimum atomic E-state index is -4.89. The first-order valence-corrected chi connectivity index (χ1v) is 8.98. The van der Waals surface area contributed by atoms with E-state index in [1.165, 1.54) is 0 Å². The standard InChI is InChI=1S/C19H16F6N4/c20-18(21,22)16-12-6-8-14-15(9-7-13(12)17(26-16)19(23,24)25)29(28-27-14)10-11-4-2-1-3-5-11/h1-5,26H,6-10H2. The topological polar surface area (TPSA) is 46.5 Å². The van der Waals surface area contributed by atoms with Crippen LogP contribution in [0.2, 0.25) is 0 Å². The summed E-state index contributed by atoms with van der Waals surface area (Å²) < 4.78 is 81.7. The number of hydrogen-bond donors (Lipinski definition) is 1. The molecule has 0 aliphatic heterocycles. The second-order valence-corrected chi connectivity index (χ2v) is 6.95. The summed E-state index contributed by atoms with van der Waals surface area (Å²) >= 11 is 0. The van der Waals surface area contributed by atoms with Crippen LogP contribution in [0.25, 0.3) is 0 Å². The van der Waals surface area contributed by atoms with Crippen LogP contribution in [-0.4, -0.2) is 20.0 Å². The largest absolute Gasteiger partial charge is 0.431 e. The van der Waals surface area contributed by atoms with Crippen LogP contribution in [0.4, 0.5) is 26.3 Å². The van der Waals surface area contributed by atoms with E-state index < -0.39 is 23.7 Å². The second-order valence-electron chi connectivity index (χ2n) is 6.95. The number of nitrogens with one attached hydrogen (secondary N) is 1. The Morgan fingerprint density at radius 1 is 0.828 bits per heavy atom. The normalized spacial score (nSPS) is 14.8. The van der Waals surface area contributed by atoms with Crippen LogP contribution in [0.15, 0.2) is 30.3 Å². The number of nitrogens with zero attached hydrogens (tertiary/aromatic N) is 3. The minimum Gasteiger partial charge on any atom is -0.347 e. The molecule has 29 heavy (non-hydrogen) atoms. The number of halogens is 6. The van der Waals surface area contributed by atoms with Gasteiger partial charge >= 0.3 is 12.4 Å². The maximum absolute atomic E-state index is 13.4. The zero-order chi connectivity index (χ0) is 20.8. The molecule has 3 aromatic rings. The predicted molar refractivity (Wildman–Crippen MR) is 91.2 cm³/mol. The van der Waals surface area contributed by atoms with Crippen molar-refractivity contribution in [2.75, 3.05) is 0 Å². The molecule has 1 N–H and O–H groups in total. The van der Waals surface area contributed by atoms with Crippen molar-refractivity contribution in [2.24, 2.45) is 0 Å². The molecule has 0 unspecified atom stereocenters. The van der Waals surface area contributed by atoms with Gasteiger partial charge in [0.2, 0.25) is 0 Å². The molecule has 154 valence electrons. The maximum atomic E-state index is 13.4. The highest BCUT2D eigenvalue weighted by molar-refractivity contribution is 5.42. The molecule has 1 aliphatic carbocycles. The summed E-state index contributed by atoms with van der Waals surface area (Å²) in [7, 11) is 0. The Hall–Kier alpha value is -2.78. The summed E-state index contributed by atoms with van der Waals surface area (Å²) in [6, 6.07) is 9.35. The molecule has 0 fully saturated rings. The molecule has 0 bridgehead atoms. The molecular weight excluding hydrogens is 398 g/mol. The number of benzene rings is 1. The van der Waals surface area contributed by atoms with E-state index in [4.69, 9.17) is 0 Å². The molecule has 2 aromatic heterocycles. The first kappa shape index (κ1) is 19.5. The molecule has 0 spiro atoms. The summed E-state index contributed by atoms with van der Waals surface area (Å²) in [6.45, 7) is 0.392. The molecule has 0 atom stereocenters. The molecule has 0 radical (unpaired) electrons. The molecular formula is C19H16F6N4. The number of hydrogen-bond acceptors (Lipinski definition) is 2. The fourth-order valence-electron chi connectivity index (χ4n) is 3.82. The third-order valence-electron chi connectivity index (χ3n) is 5.10. The third kappa shape index (κ3) is 3.75. The third-order valence-corrected chi connectivity index (χ3v) is 5.10. The van der Waals surface area contributed by atoms with Gasteiger partial charge in [-0.15, -0.1) is 5.10 Å². The van der Waals surface area contributed by atoms with Crippen molar-refractivity contribution in [3.8, 4) is 0 Å². The van der Waals surface area contributed by atoms with Gasteiger partial charge in [-0.25, -0.2) is 4.68 Å². The van der Waals surface area contributed by atoms with Gasteiger partial charge in [-0.2, -0.15) is 26.3 Å². The molecule has 10 heteroatoms. The number of alkyl halides is 6. The number of aromatic nitrogens is 4. The average molecular weight is 414 g/mol. The Labute approximate surface area is 161 Å². The summed E-state index contributed by atoms with van der Waals surface area (Å²) in [5.74, 6) is 0. The van der Waals surface area contributed by atoms with Gasteiger partial charge in [0.1, 0.15) is 11.4 Å². The van der Waals surface area contributed by atoms with Crippen LogP contribution in [0.1, 0.15) is 39.5 Å². The SMILES string of the molecule is FC(F)(F)c1[nH]c(C(F)(F)F)c2c1CCc1nnn(Cc3ccccc3)c1CC2. The van der Waals surface area contributed by atoms with Crippen LogP contribution in [0, 0.1) is 0 Å². The lowest BCUT2D eigenvalue weighted by Crippen LogP contribution is -2.15. The Bertz CT molecular complexity index is 1010. The van der Waals surface area contributed by atoms with Gasteiger partial charge in [-0.1, -0.05) is 35.5 Å². The molecule has 0 saturated heterocycles. The monoisotopic (exact) mass is 414 g/mol. The van der Waals surface area contributed by atoms with E-state index in [1.807, 2.05) is 30.3 Å². The van der Waals surface area contributed by atoms with Crippen LogP contribution in [0.3, 0.4) is 0 Å². The number of H-pyrrole nitrogens is 1. The van der Waals surface area contributed by atoms with E-state index in [0.29, 0.717) is 17.9 Å². The zero-order valence-corrected chi connectivity index (χ0v) is 15.0. The molecule has 0 saturated carbocycles. The van der Waals surface area contributed by atoms with E-state index in [2.05, 4.69) is 10.3 Å². The zero-order valence-electron chi connectivity index (χ0n) is 15.0. The van der Waals surface area contributed by atoms with E-state index in [-0.39, 0.29) is 36.8 Å². The smallest absolute Gasteiger partial charge is 0.347 e. The van der Waals surface area contributed by atoms with Gasteiger partial charge < -0.3 is 4.98 Å². The lowest BCUT2D eigenvalue weighted by molar-refractivity contribution is -0.148. The van der Waals surface area contributed by atoms with Crippen LogP contribution >= 0.6 is 0 Å². The second kappa shape index (κ2) is 6.93. The quantitative estimate of drug-likeness (QED) is 0.625. The van der Waals surface area contributed by atoms with E-state index >= 15 is 0 Å². The maximum Gasteiger partial charge on any atom is 0.431 e. The summed E-state index contributed by atoms with van der Waals surface area (Å²) in [4.78, 5) is 1.61. The molecule has 4 nitrogen and oxygen atoms in total. The number of aryl methyl sites for hydroxylation is 1. The number of rotatable bonds is 2. The summed E-state index contributed by atoms with van der Waals surface area (Å²) in [5, 5.41) is 8.15. The Morgan fingerprint density at radius 3 is 2.00 bits per heavy atom. The summed E-state index contributed by atoms with van der Waals surface area (Å²) in [5.41, 5.74) is -1.15. The highest BCUT2D eigenvalue weighted by Gasteiger charge is 2.44. The van der Waals surface area contributed by atoms with Gasteiger partial charge in [-0.3, -0.25) is 0 Å².